The monoisotopic (exact) mass is 192 g/mol. The van der Waals surface area contributed by atoms with Crippen molar-refractivity contribution in [2.75, 3.05) is 7.11 Å². The van der Waals surface area contributed by atoms with E-state index in [-0.39, 0.29) is 6.15 Å². The van der Waals surface area contributed by atoms with Crippen LogP contribution in [0.4, 0.5) is 0 Å². The van der Waals surface area contributed by atoms with E-state index >= 15 is 0 Å². The van der Waals surface area contributed by atoms with Crippen molar-refractivity contribution < 1.29 is 34.1 Å². The summed E-state index contributed by atoms with van der Waals surface area (Å²) < 4.78 is 4.34. The van der Waals surface area contributed by atoms with Crippen molar-refractivity contribution in [2.45, 2.75) is 12.5 Å². The van der Waals surface area contributed by atoms with Crippen molar-refractivity contribution in [3.63, 3.8) is 0 Å². The standard InChI is InChI=1S/C5H8O5.CO2/c1-10-3(5(8)9)2-4(6)7;2-1-3/h3H,2H2,1H3,(H,6,7)(H,8,9);. The van der Waals surface area contributed by atoms with Gasteiger partial charge in [0.1, 0.15) is 0 Å². The molecule has 0 rings (SSSR count). The predicted octanol–water partition coefficient (Wildman–Crippen LogP) is -1.02. The summed E-state index contributed by atoms with van der Waals surface area (Å²) in [7, 11) is 1.15. The fourth-order valence-electron chi connectivity index (χ4n) is 0.430. The average Bonchev–Trinajstić information content (AvgIpc) is 2.00. The highest BCUT2D eigenvalue weighted by Gasteiger charge is 2.19. The van der Waals surface area contributed by atoms with Crippen molar-refractivity contribution >= 4 is 18.1 Å². The first-order chi connectivity index (χ1) is 5.99. The van der Waals surface area contributed by atoms with Gasteiger partial charge in [0.15, 0.2) is 6.10 Å². The number of carboxylic acids is 2. The molecule has 0 spiro atoms. The molecular formula is C6H8O7. The maximum atomic E-state index is 10.1. The maximum absolute atomic E-state index is 10.1. The summed E-state index contributed by atoms with van der Waals surface area (Å²) in [6, 6.07) is 0. The molecule has 1 unspecified atom stereocenters. The zero-order valence-corrected chi connectivity index (χ0v) is 6.72. The van der Waals surface area contributed by atoms with E-state index in [0.717, 1.165) is 7.11 Å². The normalized spacial score (nSPS) is 10.2. The zero-order chi connectivity index (χ0) is 10.9. The largest absolute Gasteiger partial charge is 0.481 e. The van der Waals surface area contributed by atoms with Crippen molar-refractivity contribution in [3.05, 3.63) is 0 Å². The van der Waals surface area contributed by atoms with Crippen LogP contribution in [0.3, 0.4) is 0 Å². The van der Waals surface area contributed by atoms with Crippen LogP contribution in [-0.4, -0.2) is 41.5 Å². The second-order valence-electron chi connectivity index (χ2n) is 1.74. The number of carbonyl (C=O) groups excluding carboxylic acids is 2. The number of hydrogen-bond acceptors (Lipinski definition) is 5. The Morgan fingerprint density at radius 3 is 1.85 bits per heavy atom. The molecule has 13 heavy (non-hydrogen) atoms. The molecule has 7 nitrogen and oxygen atoms in total. The summed E-state index contributed by atoms with van der Waals surface area (Å²) in [5.74, 6) is -2.45. The molecule has 1 atom stereocenters. The lowest BCUT2D eigenvalue weighted by Gasteiger charge is -2.05. The molecule has 0 amide bonds. The minimum atomic E-state index is -1.26. The summed E-state index contributed by atoms with van der Waals surface area (Å²) in [6.45, 7) is 0. The summed E-state index contributed by atoms with van der Waals surface area (Å²) in [6.07, 6.45) is -1.50. The highest BCUT2D eigenvalue weighted by molar-refractivity contribution is 5.79. The van der Waals surface area contributed by atoms with Gasteiger partial charge in [-0.1, -0.05) is 0 Å². The molecule has 0 saturated heterocycles. The number of aliphatic carboxylic acids is 2. The third-order valence-electron chi connectivity index (χ3n) is 0.920. The molecule has 0 aliphatic rings. The van der Waals surface area contributed by atoms with Gasteiger partial charge in [0, 0.05) is 7.11 Å². The van der Waals surface area contributed by atoms with Crippen LogP contribution in [0.5, 0.6) is 0 Å². The predicted molar refractivity (Wildman–Crippen MR) is 35.7 cm³/mol. The Bertz CT molecular complexity index is 203. The molecule has 0 saturated carbocycles. The molecule has 7 heteroatoms. The molecule has 0 bridgehead atoms. The van der Waals surface area contributed by atoms with Crippen LogP contribution >= 0.6 is 0 Å². The van der Waals surface area contributed by atoms with Gasteiger partial charge < -0.3 is 14.9 Å². The van der Waals surface area contributed by atoms with Crippen molar-refractivity contribution in [1.82, 2.24) is 0 Å². The van der Waals surface area contributed by atoms with Crippen molar-refractivity contribution in [1.29, 1.82) is 0 Å². The SMILES string of the molecule is COC(CC(=O)O)C(=O)O.O=C=O. The third kappa shape index (κ3) is 10.3. The fourth-order valence-corrected chi connectivity index (χ4v) is 0.430. The minimum absolute atomic E-state index is 0.250. The van der Waals surface area contributed by atoms with Gasteiger partial charge in [-0.2, -0.15) is 9.59 Å². The molecule has 0 heterocycles. The number of carbonyl (C=O) groups is 2. The van der Waals surface area contributed by atoms with Gasteiger partial charge in [0.2, 0.25) is 0 Å². The lowest BCUT2D eigenvalue weighted by atomic mass is 10.2. The minimum Gasteiger partial charge on any atom is -0.481 e. The fraction of sp³-hybridized carbons (Fsp3) is 0.500. The lowest BCUT2D eigenvalue weighted by molar-refractivity contribution is -0.191. The first kappa shape index (κ1) is 13.8. The van der Waals surface area contributed by atoms with Crippen LogP contribution in [0, 0.1) is 0 Å². The molecule has 0 aromatic carbocycles. The zero-order valence-electron chi connectivity index (χ0n) is 6.72. The second-order valence-corrected chi connectivity index (χ2v) is 1.74. The quantitative estimate of drug-likeness (QED) is 0.584. The second kappa shape index (κ2) is 8.38. The van der Waals surface area contributed by atoms with Gasteiger partial charge in [-0.05, 0) is 0 Å². The molecule has 0 aliphatic heterocycles. The molecule has 0 fully saturated rings. The molecule has 2 N–H and O–H groups in total. The van der Waals surface area contributed by atoms with Gasteiger partial charge in [-0.3, -0.25) is 4.79 Å². The summed E-state index contributed by atoms with van der Waals surface area (Å²) in [5.41, 5.74) is 0. The highest BCUT2D eigenvalue weighted by atomic mass is 16.5. The lowest BCUT2D eigenvalue weighted by Crippen LogP contribution is -2.25. The Morgan fingerprint density at radius 1 is 1.38 bits per heavy atom. The summed E-state index contributed by atoms with van der Waals surface area (Å²) >= 11 is 0. The highest BCUT2D eigenvalue weighted by Crippen LogP contribution is 1.95. The number of ether oxygens (including phenoxy) is 1. The van der Waals surface area contributed by atoms with Gasteiger partial charge in [-0.15, -0.1) is 0 Å². The van der Waals surface area contributed by atoms with Gasteiger partial charge in [0.25, 0.3) is 0 Å². The van der Waals surface area contributed by atoms with Crippen molar-refractivity contribution in [3.8, 4) is 0 Å². The topological polar surface area (TPSA) is 118 Å². The van der Waals surface area contributed by atoms with Crippen LogP contribution in [0.25, 0.3) is 0 Å². The summed E-state index contributed by atoms with van der Waals surface area (Å²) in [4.78, 5) is 36.3. The van der Waals surface area contributed by atoms with E-state index < -0.39 is 24.5 Å². The number of rotatable bonds is 4. The Kier molecular flexibility index (Phi) is 8.92. The Balaban J connectivity index is 0. The Labute approximate surface area is 72.9 Å². The van der Waals surface area contributed by atoms with E-state index in [0.29, 0.717) is 0 Å². The van der Waals surface area contributed by atoms with Crippen LogP contribution in [0.1, 0.15) is 6.42 Å². The number of carboxylic acid groups (broad SMARTS) is 2. The molecule has 74 valence electrons. The Hall–Kier alpha value is -1.72. The van der Waals surface area contributed by atoms with E-state index in [1.165, 1.54) is 0 Å². The molecule has 0 aromatic rings. The molecule has 0 radical (unpaired) electrons. The first-order valence-corrected chi connectivity index (χ1v) is 2.96. The maximum Gasteiger partial charge on any atom is 0.373 e. The summed E-state index contributed by atoms with van der Waals surface area (Å²) in [5, 5.41) is 16.4. The number of hydrogen-bond donors (Lipinski definition) is 2. The van der Waals surface area contributed by atoms with Crippen LogP contribution in [-0.2, 0) is 23.9 Å². The third-order valence-corrected chi connectivity index (χ3v) is 0.920. The van der Waals surface area contributed by atoms with E-state index in [4.69, 9.17) is 19.8 Å². The van der Waals surface area contributed by atoms with E-state index in [1.54, 1.807) is 0 Å². The van der Waals surface area contributed by atoms with Gasteiger partial charge in [-0.25, -0.2) is 4.79 Å². The molecular weight excluding hydrogens is 184 g/mol. The van der Waals surface area contributed by atoms with Gasteiger partial charge in [0.05, 0.1) is 6.42 Å². The van der Waals surface area contributed by atoms with Crippen LogP contribution < -0.4 is 0 Å². The number of methoxy groups -OCH3 is 1. The van der Waals surface area contributed by atoms with E-state index in [1.807, 2.05) is 0 Å². The Morgan fingerprint density at radius 2 is 1.77 bits per heavy atom. The molecule has 0 aliphatic carbocycles. The smallest absolute Gasteiger partial charge is 0.373 e. The average molecular weight is 192 g/mol. The van der Waals surface area contributed by atoms with E-state index in [2.05, 4.69) is 4.74 Å². The van der Waals surface area contributed by atoms with Crippen LogP contribution in [0.15, 0.2) is 0 Å². The van der Waals surface area contributed by atoms with Crippen molar-refractivity contribution in [2.24, 2.45) is 0 Å². The van der Waals surface area contributed by atoms with Gasteiger partial charge >= 0.3 is 18.1 Å². The molecule has 0 aromatic heterocycles. The van der Waals surface area contributed by atoms with Crippen LogP contribution in [0.2, 0.25) is 0 Å². The van der Waals surface area contributed by atoms with E-state index in [9.17, 15) is 9.59 Å². The first-order valence-electron chi connectivity index (χ1n) is 2.96.